The van der Waals surface area contributed by atoms with Crippen molar-refractivity contribution >= 4 is 11.9 Å². The Morgan fingerprint density at radius 2 is 2.19 bits per heavy atom. The lowest BCUT2D eigenvalue weighted by Crippen LogP contribution is -2.40. The number of amides is 1. The summed E-state index contributed by atoms with van der Waals surface area (Å²) in [5.74, 6) is -1.51. The molecule has 1 aromatic heterocycles. The molecule has 21 heavy (non-hydrogen) atoms. The van der Waals surface area contributed by atoms with E-state index in [2.05, 4.69) is 10.3 Å². The first-order chi connectivity index (χ1) is 10.0. The molecule has 1 aromatic rings. The molecule has 0 saturated heterocycles. The maximum atomic E-state index is 12.1. The van der Waals surface area contributed by atoms with E-state index in [1.807, 2.05) is 6.07 Å². The lowest BCUT2D eigenvalue weighted by Gasteiger charge is -2.27. The first-order valence-electron chi connectivity index (χ1n) is 6.92. The molecule has 6 heteroatoms. The smallest absolute Gasteiger partial charge is 0.306 e. The highest BCUT2D eigenvalue weighted by Gasteiger charge is 2.28. The number of carboxylic acids is 1. The summed E-state index contributed by atoms with van der Waals surface area (Å²) in [5.41, 5.74) is 1.20. The van der Waals surface area contributed by atoms with Crippen LogP contribution < -0.4 is 5.32 Å². The van der Waals surface area contributed by atoms with E-state index in [1.54, 1.807) is 13.0 Å². The highest BCUT2D eigenvalue weighted by molar-refractivity contribution is 5.92. The maximum Gasteiger partial charge on any atom is 0.306 e. The van der Waals surface area contributed by atoms with Crippen LogP contribution >= 0.6 is 0 Å². The summed E-state index contributed by atoms with van der Waals surface area (Å²) < 4.78 is 0. The molecule has 2 unspecified atom stereocenters. The molecule has 2 rings (SSSR count). The molecule has 1 aliphatic carbocycles. The second kappa shape index (κ2) is 6.35. The Bertz CT molecular complexity index is 607. The largest absolute Gasteiger partial charge is 0.481 e. The number of pyridine rings is 1. The van der Waals surface area contributed by atoms with Gasteiger partial charge < -0.3 is 10.4 Å². The molecule has 0 aromatic carbocycles. The van der Waals surface area contributed by atoms with Gasteiger partial charge in [-0.05, 0) is 38.3 Å². The van der Waals surface area contributed by atoms with Crippen molar-refractivity contribution in [3.63, 3.8) is 0 Å². The molecule has 6 nitrogen and oxygen atoms in total. The van der Waals surface area contributed by atoms with Crippen molar-refractivity contribution in [3.8, 4) is 6.07 Å². The number of carboxylic acid groups (broad SMARTS) is 1. The van der Waals surface area contributed by atoms with Crippen molar-refractivity contribution in [1.29, 1.82) is 5.26 Å². The van der Waals surface area contributed by atoms with Crippen molar-refractivity contribution in [2.45, 2.75) is 38.6 Å². The fraction of sp³-hybridized carbons (Fsp3) is 0.467. The first kappa shape index (κ1) is 15.0. The number of nitrogens with zero attached hydrogens (tertiary/aromatic N) is 2. The number of hydrogen-bond acceptors (Lipinski definition) is 4. The normalized spacial score (nSPS) is 21.3. The Balaban J connectivity index is 2.03. The van der Waals surface area contributed by atoms with Crippen molar-refractivity contribution in [2.75, 3.05) is 0 Å². The van der Waals surface area contributed by atoms with E-state index >= 15 is 0 Å². The fourth-order valence-electron chi connectivity index (χ4n) is 2.61. The number of aliphatic carboxylic acids is 1. The minimum absolute atomic E-state index is 0.134. The molecule has 0 aliphatic heterocycles. The van der Waals surface area contributed by atoms with Crippen LogP contribution in [0.5, 0.6) is 0 Å². The molecule has 0 bridgehead atoms. The zero-order chi connectivity index (χ0) is 15.4. The number of rotatable bonds is 3. The lowest BCUT2D eigenvalue weighted by atomic mass is 9.86. The summed E-state index contributed by atoms with van der Waals surface area (Å²) in [7, 11) is 0. The Morgan fingerprint density at radius 3 is 2.81 bits per heavy atom. The summed E-state index contributed by atoms with van der Waals surface area (Å²) in [6.07, 6.45) is 2.69. The number of nitrogens with one attached hydrogen (secondary N) is 1. The van der Waals surface area contributed by atoms with Crippen molar-refractivity contribution in [2.24, 2.45) is 5.92 Å². The number of hydrogen-bond donors (Lipinski definition) is 2. The van der Waals surface area contributed by atoms with E-state index in [9.17, 15) is 9.59 Å². The molecule has 1 saturated carbocycles. The van der Waals surface area contributed by atoms with Gasteiger partial charge in [0.15, 0.2) is 0 Å². The lowest BCUT2D eigenvalue weighted by molar-refractivity contribution is -0.143. The molecule has 2 N–H and O–H groups in total. The fourth-order valence-corrected chi connectivity index (χ4v) is 2.61. The van der Waals surface area contributed by atoms with Crippen LogP contribution in [0.4, 0.5) is 0 Å². The van der Waals surface area contributed by atoms with E-state index in [4.69, 9.17) is 10.4 Å². The monoisotopic (exact) mass is 287 g/mol. The van der Waals surface area contributed by atoms with Gasteiger partial charge in [-0.1, -0.05) is 6.42 Å². The number of carbonyl (C=O) groups excluding carboxylic acids is 1. The van der Waals surface area contributed by atoms with Crippen LogP contribution in [0.25, 0.3) is 0 Å². The Hall–Kier alpha value is -2.42. The van der Waals surface area contributed by atoms with Gasteiger partial charge in [0.05, 0.1) is 17.2 Å². The Morgan fingerprint density at radius 1 is 1.43 bits per heavy atom. The van der Waals surface area contributed by atoms with Crippen LogP contribution in [0, 0.1) is 24.2 Å². The van der Waals surface area contributed by atoms with Gasteiger partial charge >= 0.3 is 5.97 Å². The van der Waals surface area contributed by atoms with Gasteiger partial charge in [-0.3, -0.25) is 9.59 Å². The van der Waals surface area contributed by atoms with Crippen LogP contribution in [0.2, 0.25) is 0 Å². The van der Waals surface area contributed by atoms with Gasteiger partial charge in [-0.2, -0.15) is 5.26 Å². The van der Waals surface area contributed by atoms with Gasteiger partial charge in [-0.15, -0.1) is 0 Å². The summed E-state index contributed by atoms with van der Waals surface area (Å²) in [5, 5.41) is 20.7. The van der Waals surface area contributed by atoms with E-state index in [0.717, 1.165) is 12.8 Å². The van der Waals surface area contributed by atoms with Gasteiger partial charge in [0, 0.05) is 6.04 Å². The van der Waals surface area contributed by atoms with Gasteiger partial charge in [0.25, 0.3) is 5.91 Å². The van der Waals surface area contributed by atoms with Crippen LogP contribution in [-0.2, 0) is 4.79 Å². The van der Waals surface area contributed by atoms with Crippen LogP contribution in [-0.4, -0.2) is 28.0 Å². The number of carbonyl (C=O) groups is 2. The van der Waals surface area contributed by atoms with E-state index in [0.29, 0.717) is 24.1 Å². The summed E-state index contributed by atoms with van der Waals surface area (Å²) >= 11 is 0. The van der Waals surface area contributed by atoms with Gasteiger partial charge in [0.2, 0.25) is 0 Å². The van der Waals surface area contributed by atoms with Gasteiger partial charge in [-0.25, -0.2) is 4.98 Å². The molecular formula is C15H17N3O3. The Labute approximate surface area is 122 Å². The third kappa shape index (κ3) is 3.57. The average Bonchev–Trinajstić information content (AvgIpc) is 2.47. The van der Waals surface area contributed by atoms with Crippen LogP contribution in [0.15, 0.2) is 12.1 Å². The molecule has 2 atom stereocenters. The molecule has 1 amide bonds. The maximum absolute atomic E-state index is 12.1. The second-order valence-corrected chi connectivity index (χ2v) is 5.31. The third-order valence-corrected chi connectivity index (χ3v) is 3.80. The highest BCUT2D eigenvalue weighted by atomic mass is 16.4. The van der Waals surface area contributed by atoms with E-state index in [1.165, 1.54) is 6.07 Å². The average molecular weight is 287 g/mol. The Kier molecular flexibility index (Phi) is 4.53. The molecule has 1 heterocycles. The van der Waals surface area contributed by atoms with Crippen molar-refractivity contribution in [1.82, 2.24) is 10.3 Å². The zero-order valence-electron chi connectivity index (χ0n) is 11.8. The second-order valence-electron chi connectivity index (χ2n) is 5.31. The van der Waals surface area contributed by atoms with Crippen molar-refractivity contribution in [3.05, 3.63) is 29.1 Å². The van der Waals surface area contributed by atoms with Crippen molar-refractivity contribution < 1.29 is 14.7 Å². The summed E-state index contributed by atoms with van der Waals surface area (Å²) in [4.78, 5) is 27.3. The topological polar surface area (TPSA) is 103 Å². The summed E-state index contributed by atoms with van der Waals surface area (Å²) in [6, 6.07) is 4.95. The van der Waals surface area contributed by atoms with E-state index < -0.39 is 5.97 Å². The minimum Gasteiger partial charge on any atom is -0.481 e. The predicted octanol–water partition coefficient (Wildman–Crippen LogP) is 1.63. The molecule has 0 radical (unpaired) electrons. The first-order valence-corrected chi connectivity index (χ1v) is 6.92. The highest BCUT2D eigenvalue weighted by Crippen LogP contribution is 2.24. The SMILES string of the molecule is Cc1nc(C(=O)NC2CCCC(C(=O)O)C2)ccc1C#N. The van der Waals surface area contributed by atoms with Crippen LogP contribution in [0.3, 0.4) is 0 Å². The van der Waals surface area contributed by atoms with E-state index in [-0.39, 0.29) is 23.6 Å². The molecule has 1 fully saturated rings. The number of nitriles is 1. The standard InChI is InChI=1S/C15H17N3O3/c1-9-11(8-16)5-6-13(17-9)14(19)18-12-4-2-3-10(7-12)15(20)21/h5-6,10,12H,2-4,7H2,1H3,(H,18,19)(H,20,21). The van der Waals surface area contributed by atoms with Gasteiger partial charge in [0.1, 0.15) is 11.8 Å². The molecule has 110 valence electrons. The van der Waals surface area contributed by atoms with Crippen LogP contribution in [0.1, 0.15) is 47.4 Å². The summed E-state index contributed by atoms with van der Waals surface area (Å²) in [6.45, 7) is 1.68. The quantitative estimate of drug-likeness (QED) is 0.879. The minimum atomic E-state index is -0.804. The number of aromatic nitrogens is 1. The molecule has 1 aliphatic rings. The zero-order valence-corrected chi connectivity index (χ0v) is 11.8. The molecular weight excluding hydrogens is 270 g/mol. The predicted molar refractivity (Wildman–Crippen MR) is 74.5 cm³/mol. The molecule has 0 spiro atoms. The number of aryl methyl sites for hydroxylation is 1. The third-order valence-electron chi connectivity index (χ3n) is 3.80.